The zero-order valence-electron chi connectivity index (χ0n) is 20.9. The third kappa shape index (κ3) is 5.46. The fraction of sp³-hybridized carbons (Fsp3) is 0.481. The first-order valence-corrected chi connectivity index (χ1v) is 12.0. The maximum Gasteiger partial charge on any atom is 0.217 e. The molecular formula is C27H36N2O5. The molecule has 7 heteroatoms. The number of anilines is 1. The molecule has 2 aromatic carbocycles. The number of nitrogens with one attached hydrogen (secondary N) is 2. The van der Waals surface area contributed by atoms with Crippen molar-refractivity contribution in [1.29, 1.82) is 0 Å². The van der Waals surface area contributed by atoms with E-state index >= 15 is 0 Å². The standard InChI is InChI=1S/C27H36N2O5/c1-6-7-8-9-14-28-22-13-11-19-20(16-23(22)31)21(29-17(2)30)12-10-18-15-24(32-3)26(33-4)27(34-5)25(18)19/h11,13,15-16,21H,6-10,12,14H2,1-5H3,(H,28,31)(H,29,30). The average Bonchev–Trinajstić information content (AvgIpc) is 3.06. The first-order chi connectivity index (χ1) is 16.4. The number of hydrogen-bond acceptors (Lipinski definition) is 6. The summed E-state index contributed by atoms with van der Waals surface area (Å²) in [7, 11) is 4.76. The van der Waals surface area contributed by atoms with Crippen LogP contribution < -0.4 is 30.3 Å². The Kier molecular flexibility index (Phi) is 8.79. The fourth-order valence-corrected chi connectivity index (χ4v) is 4.63. The van der Waals surface area contributed by atoms with Crippen LogP contribution in [0.15, 0.2) is 29.1 Å². The summed E-state index contributed by atoms with van der Waals surface area (Å²) >= 11 is 0. The minimum absolute atomic E-state index is 0.102. The SMILES string of the molecule is CCCCCCNc1ccc2c(cc1=O)C(NC(C)=O)CCc1cc(OC)c(OC)c(OC)c1-2. The summed E-state index contributed by atoms with van der Waals surface area (Å²) in [4.78, 5) is 25.2. The van der Waals surface area contributed by atoms with Gasteiger partial charge in [-0.3, -0.25) is 9.59 Å². The van der Waals surface area contributed by atoms with Gasteiger partial charge in [-0.2, -0.15) is 0 Å². The van der Waals surface area contributed by atoms with Crippen molar-refractivity contribution in [1.82, 2.24) is 5.32 Å². The normalized spacial score (nSPS) is 14.3. The van der Waals surface area contributed by atoms with E-state index in [2.05, 4.69) is 17.6 Å². The summed E-state index contributed by atoms with van der Waals surface area (Å²) < 4.78 is 17.0. The largest absolute Gasteiger partial charge is 0.493 e. The van der Waals surface area contributed by atoms with Crippen molar-refractivity contribution < 1.29 is 19.0 Å². The Balaban J connectivity index is 2.19. The summed E-state index contributed by atoms with van der Waals surface area (Å²) in [6, 6.07) is 7.07. The number of rotatable bonds is 10. The lowest BCUT2D eigenvalue weighted by Gasteiger charge is -2.19. The molecule has 2 N–H and O–H groups in total. The molecule has 1 amide bonds. The van der Waals surface area contributed by atoms with E-state index in [-0.39, 0.29) is 17.4 Å². The summed E-state index contributed by atoms with van der Waals surface area (Å²) in [5, 5.41) is 6.34. The van der Waals surface area contributed by atoms with Crippen LogP contribution in [-0.4, -0.2) is 33.8 Å². The van der Waals surface area contributed by atoms with Crippen LogP contribution in [0.4, 0.5) is 5.69 Å². The highest BCUT2D eigenvalue weighted by molar-refractivity contribution is 5.83. The van der Waals surface area contributed by atoms with Gasteiger partial charge in [0, 0.05) is 19.0 Å². The van der Waals surface area contributed by atoms with Gasteiger partial charge in [0.1, 0.15) is 0 Å². The maximum atomic E-state index is 13.2. The minimum Gasteiger partial charge on any atom is -0.493 e. The van der Waals surface area contributed by atoms with Crippen LogP contribution in [0, 0.1) is 0 Å². The van der Waals surface area contributed by atoms with Gasteiger partial charge in [-0.05, 0) is 54.2 Å². The van der Waals surface area contributed by atoms with E-state index < -0.39 is 0 Å². The van der Waals surface area contributed by atoms with Crippen LogP contribution in [0.1, 0.15) is 63.1 Å². The number of carbonyl (C=O) groups excluding carboxylic acids is 1. The molecule has 2 aromatic rings. The zero-order chi connectivity index (χ0) is 24.7. The molecule has 0 spiro atoms. The van der Waals surface area contributed by atoms with E-state index in [1.54, 1.807) is 27.4 Å². The van der Waals surface area contributed by atoms with Crippen molar-refractivity contribution in [3.05, 3.63) is 45.6 Å². The maximum absolute atomic E-state index is 13.2. The molecule has 0 heterocycles. The van der Waals surface area contributed by atoms with Crippen molar-refractivity contribution in [2.45, 2.75) is 58.4 Å². The Hall–Kier alpha value is -3.22. The Morgan fingerprint density at radius 1 is 1.03 bits per heavy atom. The number of unbranched alkanes of at least 4 members (excludes halogenated alkanes) is 3. The first-order valence-electron chi connectivity index (χ1n) is 12.0. The van der Waals surface area contributed by atoms with E-state index in [0.29, 0.717) is 35.8 Å². The fourth-order valence-electron chi connectivity index (χ4n) is 4.63. The number of carbonyl (C=O) groups is 1. The molecule has 0 bridgehead atoms. The van der Waals surface area contributed by atoms with Gasteiger partial charge in [-0.15, -0.1) is 0 Å². The van der Waals surface area contributed by atoms with Crippen LogP contribution in [0.5, 0.6) is 17.2 Å². The first kappa shape index (κ1) is 25.4. The summed E-state index contributed by atoms with van der Waals surface area (Å²) in [6.45, 7) is 4.41. The minimum atomic E-state index is -0.306. The lowest BCUT2D eigenvalue weighted by atomic mass is 9.95. The molecule has 184 valence electrons. The monoisotopic (exact) mass is 468 g/mol. The second-order valence-electron chi connectivity index (χ2n) is 8.58. The third-order valence-corrected chi connectivity index (χ3v) is 6.26. The number of aryl methyl sites for hydroxylation is 1. The van der Waals surface area contributed by atoms with Crippen LogP contribution in [-0.2, 0) is 11.2 Å². The van der Waals surface area contributed by atoms with Crippen molar-refractivity contribution >= 4 is 11.6 Å². The van der Waals surface area contributed by atoms with Crippen LogP contribution >= 0.6 is 0 Å². The molecular weight excluding hydrogens is 432 g/mol. The van der Waals surface area contributed by atoms with Gasteiger partial charge in [0.2, 0.25) is 17.1 Å². The van der Waals surface area contributed by atoms with E-state index in [1.165, 1.54) is 19.8 Å². The molecule has 0 radical (unpaired) electrons. The van der Waals surface area contributed by atoms with E-state index in [4.69, 9.17) is 14.2 Å². The number of hydrogen-bond donors (Lipinski definition) is 2. The highest BCUT2D eigenvalue weighted by atomic mass is 16.5. The second-order valence-corrected chi connectivity index (χ2v) is 8.58. The Morgan fingerprint density at radius 3 is 2.44 bits per heavy atom. The van der Waals surface area contributed by atoms with Crippen molar-refractivity contribution in [2.24, 2.45) is 0 Å². The van der Waals surface area contributed by atoms with Gasteiger partial charge in [0.05, 0.1) is 33.1 Å². The predicted octanol–water partition coefficient (Wildman–Crippen LogP) is 4.86. The van der Waals surface area contributed by atoms with E-state index in [1.807, 2.05) is 18.2 Å². The van der Waals surface area contributed by atoms with Crippen LogP contribution in [0.3, 0.4) is 0 Å². The molecule has 1 aliphatic rings. The summed E-state index contributed by atoms with van der Waals surface area (Å²) in [6.07, 6.45) is 5.80. The van der Waals surface area contributed by atoms with Gasteiger partial charge in [-0.1, -0.05) is 32.3 Å². The Labute approximate surface area is 201 Å². The van der Waals surface area contributed by atoms with Crippen molar-refractivity contribution in [3.63, 3.8) is 0 Å². The number of benzene rings is 1. The van der Waals surface area contributed by atoms with Crippen LogP contribution in [0.25, 0.3) is 11.1 Å². The molecule has 34 heavy (non-hydrogen) atoms. The molecule has 0 saturated carbocycles. The molecule has 1 unspecified atom stereocenters. The third-order valence-electron chi connectivity index (χ3n) is 6.26. The number of fused-ring (bicyclic) bond motifs is 3. The number of amides is 1. The molecule has 0 aromatic heterocycles. The van der Waals surface area contributed by atoms with Gasteiger partial charge in [-0.25, -0.2) is 0 Å². The lowest BCUT2D eigenvalue weighted by Crippen LogP contribution is -2.26. The lowest BCUT2D eigenvalue weighted by molar-refractivity contribution is -0.119. The quantitative estimate of drug-likeness (QED) is 0.485. The van der Waals surface area contributed by atoms with Gasteiger partial charge in [0.15, 0.2) is 11.5 Å². The molecule has 1 atom stereocenters. The number of methoxy groups -OCH3 is 3. The van der Waals surface area contributed by atoms with Gasteiger partial charge >= 0.3 is 0 Å². The predicted molar refractivity (Wildman–Crippen MR) is 135 cm³/mol. The summed E-state index contributed by atoms with van der Waals surface area (Å²) in [5.74, 6) is 1.49. The molecule has 0 aliphatic heterocycles. The Morgan fingerprint density at radius 2 is 1.79 bits per heavy atom. The topological polar surface area (TPSA) is 85.9 Å². The molecule has 1 aliphatic carbocycles. The molecule has 7 nitrogen and oxygen atoms in total. The average molecular weight is 469 g/mol. The van der Waals surface area contributed by atoms with E-state index in [0.717, 1.165) is 41.6 Å². The molecule has 0 saturated heterocycles. The summed E-state index contributed by atoms with van der Waals surface area (Å²) in [5.41, 5.74) is 3.91. The molecule has 0 fully saturated rings. The highest BCUT2D eigenvalue weighted by Gasteiger charge is 2.29. The number of ether oxygens (including phenoxy) is 3. The van der Waals surface area contributed by atoms with Crippen molar-refractivity contribution in [3.8, 4) is 28.4 Å². The second kappa shape index (κ2) is 11.8. The van der Waals surface area contributed by atoms with Gasteiger partial charge < -0.3 is 24.8 Å². The highest BCUT2D eigenvalue weighted by Crippen LogP contribution is 2.50. The van der Waals surface area contributed by atoms with Crippen molar-refractivity contribution in [2.75, 3.05) is 33.2 Å². The smallest absolute Gasteiger partial charge is 0.217 e. The zero-order valence-corrected chi connectivity index (χ0v) is 20.9. The molecule has 3 rings (SSSR count). The van der Waals surface area contributed by atoms with Gasteiger partial charge in [0.25, 0.3) is 0 Å². The van der Waals surface area contributed by atoms with E-state index in [9.17, 15) is 9.59 Å². The Bertz CT molecular complexity index is 1080. The van der Waals surface area contributed by atoms with Crippen LogP contribution in [0.2, 0.25) is 0 Å².